The van der Waals surface area contributed by atoms with Gasteiger partial charge in [0.05, 0.1) is 5.52 Å². The maximum absolute atomic E-state index is 12.3. The van der Waals surface area contributed by atoms with Gasteiger partial charge in [0.25, 0.3) is 5.91 Å². The summed E-state index contributed by atoms with van der Waals surface area (Å²) in [4.78, 5) is 38.1. The number of nitrogens with one attached hydrogen (secondary N) is 3. The van der Waals surface area contributed by atoms with Crippen molar-refractivity contribution in [2.75, 3.05) is 11.9 Å². The second-order valence-electron chi connectivity index (χ2n) is 6.34. The predicted molar refractivity (Wildman–Crippen MR) is 106 cm³/mol. The third kappa shape index (κ3) is 3.78. The van der Waals surface area contributed by atoms with Crippen molar-refractivity contribution in [2.45, 2.75) is 6.42 Å². The number of hydrogen-bond donors (Lipinski definition) is 3. The van der Waals surface area contributed by atoms with Gasteiger partial charge < -0.3 is 15.1 Å². The number of anilines is 1. The Morgan fingerprint density at radius 2 is 1.79 bits per heavy atom. The zero-order valence-corrected chi connectivity index (χ0v) is 14.8. The Balaban J connectivity index is 1.32. The highest BCUT2D eigenvalue weighted by Crippen LogP contribution is 2.17. The van der Waals surface area contributed by atoms with Crippen LogP contribution in [0.3, 0.4) is 0 Å². The molecule has 28 heavy (non-hydrogen) atoms. The lowest BCUT2D eigenvalue weighted by atomic mass is 10.1. The van der Waals surface area contributed by atoms with Crippen molar-refractivity contribution in [3.8, 4) is 0 Å². The van der Waals surface area contributed by atoms with Gasteiger partial charge in [-0.2, -0.15) is 0 Å². The van der Waals surface area contributed by atoms with Gasteiger partial charge in [-0.3, -0.25) is 14.6 Å². The van der Waals surface area contributed by atoms with E-state index in [9.17, 15) is 14.4 Å². The van der Waals surface area contributed by atoms with Crippen LogP contribution in [0.15, 0.2) is 69.9 Å². The summed E-state index contributed by atoms with van der Waals surface area (Å²) in [7, 11) is 0. The lowest BCUT2D eigenvalue weighted by Gasteiger charge is -2.07. The van der Waals surface area contributed by atoms with Crippen LogP contribution in [0, 0.1) is 0 Å². The largest absolute Gasteiger partial charge is 0.417 e. The van der Waals surface area contributed by atoms with E-state index in [2.05, 4.69) is 15.6 Å². The molecule has 3 N–H and O–H groups in total. The Hall–Kier alpha value is -3.87. The van der Waals surface area contributed by atoms with Gasteiger partial charge >= 0.3 is 5.76 Å². The van der Waals surface area contributed by atoms with Crippen molar-refractivity contribution < 1.29 is 14.0 Å². The van der Waals surface area contributed by atoms with Gasteiger partial charge in [0, 0.05) is 24.2 Å². The third-order valence-electron chi connectivity index (χ3n) is 4.35. The van der Waals surface area contributed by atoms with Gasteiger partial charge in [0.2, 0.25) is 5.91 Å². The van der Waals surface area contributed by atoms with Crippen LogP contribution in [-0.2, 0) is 4.79 Å². The monoisotopic (exact) mass is 375 g/mol. The summed E-state index contributed by atoms with van der Waals surface area (Å²) in [5.41, 5.74) is 2.02. The van der Waals surface area contributed by atoms with E-state index >= 15 is 0 Å². The molecular weight excluding hydrogens is 358 g/mol. The maximum Gasteiger partial charge on any atom is 0.417 e. The predicted octanol–water partition coefficient (Wildman–Crippen LogP) is 3.03. The molecule has 0 saturated heterocycles. The molecule has 0 saturated carbocycles. The van der Waals surface area contributed by atoms with E-state index in [0.29, 0.717) is 22.4 Å². The fourth-order valence-electron chi connectivity index (χ4n) is 2.98. The van der Waals surface area contributed by atoms with Crippen LogP contribution < -0.4 is 16.4 Å². The molecule has 140 valence electrons. The van der Waals surface area contributed by atoms with E-state index in [1.165, 1.54) is 0 Å². The number of aromatic nitrogens is 1. The van der Waals surface area contributed by atoms with E-state index in [4.69, 9.17) is 4.42 Å². The minimum Gasteiger partial charge on any atom is -0.408 e. The topological polar surface area (TPSA) is 104 Å². The van der Waals surface area contributed by atoms with E-state index in [1.807, 2.05) is 36.4 Å². The van der Waals surface area contributed by atoms with Crippen molar-refractivity contribution in [3.63, 3.8) is 0 Å². The van der Waals surface area contributed by atoms with Crippen LogP contribution >= 0.6 is 0 Å². The summed E-state index contributed by atoms with van der Waals surface area (Å²) in [6.07, 6.45) is 0.124. The van der Waals surface area contributed by atoms with Crippen molar-refractivity contribution in [3.05, 3.63) is 76.8 Å². The lowest BCUT2D eigenvalue weighted by molar-refractivity contribution is -0.116. The first-order chi connectivity index (χ1) is 13.6. The highest BCUT2D eigenvalue weighted by atomic mass is 16.4. The minimum absolute atomic E-state index is 0.124. The molecule has 0 fully saturated rings. The highest BCUT2D eigenvalue weighted by molar-refractivity contribution is 5.99. The van der Waals surface area contributed by atoms with Crippen LogP contribution in [0.1, 0.15) is 16.8 Å². The van der Waals surface area contributed by atoms with Crippen molar-refractivity contribution in [1.82, 2.24) is 10.3 Å². The van der Waals surface area contributed by atoms with Gasteiger partial charge in [-0.05, 0) is 41.1 Å². The van der Waals surface area contributed by atoms with Crippen molar-refractivity contribution in [1.29, 1.82) is 0 Å². The molecule has 0 atom stereocenters. The minimum atomic E-state index is -0.546. The second-order valence-corrected chi connectivity index (χ2v) is 6.34. The Kier molecular flexibility index (Phi) is 4.63. The van der Waals surface area contributed by atoms with Crippen LogP contribution in [0.5, 0.6) is 0 Å². The number of benzene rings is 3. The molecule has 3 aromatic carbocycles. The van der Waals surface area contributed by atoms with Gasteiger partial charge in [-0.1, -0.05) is 30.3 Å². The zero-order valence-electron chi connectivity index (χ0n) is 14.8. The van der Waals surface area contributed by atoms with Gasteiger partial charge in [-0.25, -0.2) is 4.79 Å². The molecule has 0 aliphatic carbocycles. The molecule has 4 rings (SSSR count). The molecular formula is C21H17N3O4. The number of hydrogen-bond acceptors (Lipinski definition) is 4. The average Bonchev–Trinajstić information content (AvgIpc) is 3.06. The molecule has 0 unspecified atom stereocenters. The molecule has 7 heteroatoms. The number of fused-ring (bicyclic) bond motifs is 2. The maximum atomic E-state index is 12.3. The summed E-state index contributed by atoms with van der Waals surface area (Å²) in [6.45, 7) is 0.211. The summed E-state index contributed by atoms with van der Waals surface area (Å²) in [6, 6.07) is 18.1. The lowest BCUT2D eigenvalue weighted by Crippen LogP contribution is -2.27. The van der Waals surface area contributed by atoms with Gasteiger partial charge in [-0.15, -0.1) is 0 Å². The van der Waals surface area contributed by atoms with E-state index in [0.717, 1.165) is 10.8 Å². The number of oxazole rings is 1. The number of aromatic amines is 1. The first-order valence-electron chi connectivity index (χ1n) is 8.78. The Bertz CT molecular complexity index is 1240. The summed E-state index contributed by atoms with van der Waals surface area (Å²) in [5.74, 6) is -1.02. The molecule has 0 radical (unpaired) electrons. The summed E-state index contributed by atoms with van der Waals surface area (Å²) >= 11 is 0. The van der Waals surface area contributed by atoms with Gasteiger partial charge in [0.1, 0.15) is 0 Å². The van der Waals surface area contributed by atoms with E-state index in [-0.39, 0.29) is 24.8 Å². The molecule has 1 aromatic heterocycles. The molecule has 0 bridgehead atoms. The fourth-order valence-corrected chi connectivity index (χ4v) is 2.98. The first-order valence-corrected chi connectivity index (χ1v) is 8.78. The zero-order chi connectivity index (χ0) is 19.5. The molecule has 0 aliphatic rings. The Morgan fingerprint density at radius 1 is 0.964 bits per heavy atom. The standard InChI is InChI=1S/C21H17N3O4/c25-19(23-16-7-8-18-17(12-16)24-21(27)28-18)9-10-22-20(26)15-6-5-13-3-1-2-4-14(13)11-15/h1-8,11-12H,9-10H2,(H,22,26)(H,23,25)(H,24,27). The number of rotatable bonds is 5. The number of amides is 2. The van der Waals surface area contributed by atoms with Gasteiger partial charge in [0.15, 0.2) is 5.58 Å². The first kappa shape index (κ1) is 17.5. The molecule has 1 heterocycles. The summed E-state index contributed by atoms with van der Waals surface area (Å²) in [5, 5.41) is 7.53. The second kappa shape index (κ2) is 7.40. The molecule has 0 aliphatic heterocycles. The fraction of sp³-hybridized carbons (Fsp3) is 0.0952. The molecule has 0 spiro atoms. The van der Waals surface area contributed by atoms with E-state index in [1.54, 1.807) is 24.3 Å². The smallest absolute Gasteiger partial charge is 0.408 e. The molecule has 7 nitrogen and oxygen atoms in total. The number of H-pyrrole nitrogens is 1. The van der Waals surface area contributed by atoms with Crippen LogP contribution in [0.25, 0.3) is 21.9 Å². The van der Waals surface area contributed by atoms with Crippen molar-refractivity contribution >= 4 is 39.4 Å². The normalized spacial score (nSPS) is 10.9. The SMILES string of the molecule is O=C(CCNC(=O)c1ccc2ccccc2c1)Nc1ccc2oc(=O)[nH]c2c1. The quantitative estimate of drug-likeness (QED) is 0.499. The molecule has 2 amide bonds. The average molecular weight is 375 g/mol. The summed E-state index contributed by atoms with van der Waals surface area (Å²) < 4.78 is 4.92. The highest BCUT2D eigenvalue weighted by Gasteiger charge is 2.09. The Morgan fingerprint density at radius 3 is 2.64 bits per heavy atom. The number of carbonyl (C=O) groups excluding carboxylic acids is 2. The number of carbonyl (C=O) groups is 2. The molecule has 4 aromatic rings. The third-order valence-corrected chi connectivity index (χ3v) is 4.35. The Labute approximate surface area is 159 Å². The van der Waals surface area contributed by atoms with E-state index < -0.39 is 5.76 Å². The van der Waals surface area contributed by atoms with Crippen LogP contribution in [0.4, 0.5) is 5.69 Å². The van der Waals surface area contributed by atoms with Crippen molar-refractivity contribution in [2.24, 2.45) is 0 Å². The van der Waals surface area contributed by atoms with Crippen LogP contribution in [-0.4, -0.2) is 23.3 Å². The van der Waals surface area contributed by atoms with Crippen LogP contribution in [0.2, 0.25) is 0 Å².